The monoisotopic (exact) mass is 268 g/mol. The van der Waals surface area contributed by atoms with Gasteiger partial charge in [-0.1, -0.05) is 17.7 Å². The van der Waals surface area contributed by atoms with E-state index in [0.717, 1.165) is 6.07 Å². The molecule has 0 radical (unpaired) electrons. The van der Waals surface area contributed by atoms with E-state index < -0.39 is 11.9 Å². The standard InChI is InChI=1S/C12H10ClFN2O2/c1-18-12-10(15-4-5-16-12)11(17)8-3-2-7(14)6-9(8)13/h2-6,11,17H,1H3. The number of benzene rings is 1. The SMILES string of the molecule is COc1nccnc1C(O)c1ccc(F)cc1Cl. The highest BCUT2D eigenvalue weighted by Crippen LogP contribution is 2.31. The van der Waals surface area contributed by atoms with Crippen LogP contribution in [-0.2, 0) is 0 Å². The predicted molar refractivity (Wildman–Crippen MR) is 64.1 cm³/mol. The fraction of sp³-hybridized carbons (Fsp3) is 0.167. The normalized spacial score (nSPS) is 12.2. The second kappa shape index (κ2) is 5.29. The average Bonchev–Trinajstić information content (AvgIpc) is 2.38. The van der Waals surface area contributed by atoms with Crippen LogP contribution in [0.2, 0.25) is 5.02 Å². The first-order chi connectivity index (χ1) is 8.63. The summed E-state index contributed by atoms with van der Waals surface area (Å²) < 4.78 is 17.9. The molecule has 18 heavy (non-hydrogen) atoms. The minimum atomic E-state index is -1.12. The van der Waals surface area contributed by atoms with Crippen LogP contribution in [0.25, 0.3) is 0 Å². The van der Waals surface area contributed by atoms with Gasteiger partial charge < -0.3 is 9.84 Å². The maximum Gasteiger partial charge on any atom is 0.238 e. The van der Waals surface area contributed by atoms with E-state index in [9.17, 15) is 9.50 Å². The van der Waals surface area contributed by atoms with Crippen molar-refractivity contribution < 1.29 is 14.2 Å². The number of aromatic nitrogens is 2. The molecule has 1 aromatic heterocycles. The van der Waals surface area contributed by atoms with Gasteiger partial charge in [0, 0.05) is 23.0 Å². The van der Waals surface area contributed by atoms with Crippen LogP contribution >= 0.6 is 11.6 Å². The molecule has 6 heteroatoms. The lowest BCUT2D eigenvalue weighted by atomic mass is 10.1. The zero-order valence-electron chi connectivity index (χ0n) is 9.47. The van der Waals surface area contributed by atoms with Gasteiger partial charge in [-0.2, -0.15) is 0 Å². The van der Waals surface area contributed by atoms with Gasteiger partial charge in [0.15, 0.2) is 0 Å². The molecule has 94 valence electrons. The van der Waals surface area contributed by atoms with E-state index in [1.54, 1.807) is 0 Å². The number of hydrogen-bond donors (Lipinski definition) is 1. The Kier molecular flexibility index (Phi) is 3.74. The summed E-state index contributed by atoms with van der Waals surface area (Å²) in [4.78, 5) is 7.93. The van der Waals surface area contributed by atoms with Crippen LogP contribution in [-0.4, -0.2) is 22.2 Å². The molecular weight excluding hydrogens is 259 g/mol. The first-order valence-electron chi connectivity index (χ1n) is 5.11. The third-order valence-corrected chi connectivity index (χ3v) is 2.73. The molecule has 0 aliphatic carbocycles. The van der Waals surface area contributed by atoms with Crippen molar-refractivity contribution in [3.63, 3.8) is 0 Å². The molecule has 0 bridgehead atoms. The highest BCUT2D eigenvalue weighted by atomic mass is 35.5. The van der Waals surface area contributed by atoms with Crippen LogP contribution in [0.5, 0.6) is 5.88 Å². The van der Waals surface area contributed by atoms with Crippen molar-refractivity contribution in [1.82, 2.24) is 9.97 Å². The van der Waals surface area contributed by atoms with Crippen LogP contribution in [0.15, 0.2) is 30.6 Å². The van der Waals surface area contributed by atoms with Crippen LogP contribution in [0.4, 0.5) is 4.39 Å². The molecule has 1 atom stereocenters. The van der Waals surface area contributed by atoms with Gasteiger partial charge in [0.2, 0.25) is 5.88 Å². The molecule has 0 amide bonds. The number of nitrogens with zero attached hydrogens (tertiary/aromatic N) is 2. The lowest BCUT2D eigenvalue weighted by molar-refractivity contribution is 0.207. The van der Waals surface area contributed by atoms with E-state index in [2.05, 4.69) is 9.97 Å². The number of hydrogen-bond acceptors (Lipinski definition) is 4. The van der Waals surface area contributed by atoms with E-state index in [1.165, 1.54) is 31.6 Å². The van der Waals surface area contributed by atoms with Crippen LogP contribution in [0.3, 0.4) is 0 Å². The summed E-state index contributed by atoms with van der Waals surface area (Å²) in [6.07, 6.45) is 1.75. The van der Waals surface area contributed by atoms with Crippen LogP contribution in [0.1, 0.15) is 17.4 Å². The van der Waals surface area contributed by atoms with Gasteiger partial charge in [-0.15, -0.1) is 0 Å². The molecule has 0 spiro atoms. The highest BCUT2D eigenvalue weighted by molar-refractivity contribution is 6.31. The molecular formula is C12H10ClFN2O2. The molecule has 0 aliphatic heterocycles. The Morgan fingerprint density at radius 3 is 2.72 bits per heavy atom. The third kappa shape index (κ3) is 2.42. The molecule has 2 aromatic rings. The average molecular weight is 269 g/mol. The Morgan fingerprint density at radius 1 is 1.33 bits per heavy atom. The van der Waals surface area contributed by atoms with Gasteiger partial charge in [-0.3, -0.25) is 4.98 Å². The van der Waals surface area contributed by atoms with Crippen LogP contribution in [0, 0.1) is 5.82 Å². The van der Waals surface area contributed by atoms with Crippen molar-refractivity contribution in [1.29, 1.82) is 0 Å². The Labute approximate surface area is 108 Å². The summed E-state index contributed by atoms with van der Waals surface area (Å²) in [5, 5.41) is 10.3. The number of methoxy groups -OCH3 is 1. The molecule has 0 saturated carbocycles. The van der Waals surface area contributed by atoms with E-state index in [0.29, 0.717) is 5.56 Å². The maximum absolute atomic E-state index is 12.9. The van der Waals surface area contributed by atoms with Crippen LogP contribution < -0.4 is 4.74 Å². The Morgan fingerprint density at radius 2 is 2.06 bits per heavy atom. The smallest absolute Gasteiger partial charge is 0.238 e. The summed E-state index contributed by atoms with van der Waals surface area (Å²) >= 11 is 5.88. The molecule has 1 heterocycles. The fourth-order valence-electron chi connectivity index (χ4n) is 1.55. The minimum absolute atomic E-state index is 0.121. The van der Waals surface area contributed by atoms with E-state index in [1.807, 2.05) is 0 Å². The molecule has 4 nitrogen and oxygen atoms in total. The molecule has 1 unspecified atom stereocenters. The van der Waals surface area contributed by atoms with Crippen molar-refractivity contribution in [2.24, 2.45) is 0 Å². The molecule has 1 N–H and O–H groups in total. The fourth-order valence-corrected chi connectivity index (χ4v) is 1.82. The molecule has 2 rings (SSSR count). The van der Waals surface area contributed by atoms with Gasteiger partial charge in [0.1, 0.15) is 17.6 Å². The summed E-state index contributed by atoms with van der Waals surface area (Å²) in [6, 6.07) is 3.74. The van der Waals surface area contributed by atoms with Crippen molar-refractivity contribution in [2.45, 2.75) is 6.10 Å². The summed E-state index contributed by atoms with van der Waals surface area (Å²) in [7, 11) is 1.42. The quantitative estimate of drug-likeness (QED) is 0.928. The number of ether oxygens (including phenoxy) is 1. The second-order valence-electron chi connectivity index (χ2n) is 3.52. The number of aliphatic hydroxyl groups excluding tert-OH is 1. The van der Waals surface area contributed by atoms with Crippen molar-refractivity contribution in [3.05, 3.63) is 52.7 Å². The van der Waals surface area contributed by atoms with Gasteiger partial charge in [-0.05, 0) is 12.1 Å². The van der Waals surface area contributed by atoms with Gasteiger partial charge in [0.05, 0.1) is 7.11 Å². The van der Waals surface area contributed by atoms with E-state index in [-0.39, 0.29) is 16.6 Å². The molecule has 1 aromatic carbocycles. The summed E-state index contributed by atoms with van der Waals surface area (Å²) in [6.45, 7) is 0. The lowest BCUT2D eigenvalue weighted by Crippen LogP contribution is -2.07. The molecule has 0 aliphatic rings. The third-order valence-electron chi connectivity index (χ3n) is 2.40. The number of rotatable bonds is 3. The number of aliphatic hydroxyl groups is 1. The second-order valence-corrected chi connectivity index (χ2v) is 3.93. The maximum atomic E-state index is 12.9. The minimum Gasteiger partial charge on any atom is -0.480 e. The van der Waals surface area contributed by atoms with E-state index >= 15 is 0 Å². The summed E-state index contributed by atoms with van der Waals surface area (Å²) in [5.41, 5.74) is 0.574. The van der Waals surface area contributed by atoms with Crippen molar-refractivity contribution >= 4 is 11.6 Å². The Hall–Kier alpha value is -1.72. The lowest BCUT2D eigenvalue weighted by Gasteiger charge is -2.14. The van der Waals surface area contributed by atoms with E-state index in [4.69, 9.17) is 16.3 Å². The highest BCUT2D eigenvalue weighted by Gasteiger charge is 2.20. The molecule has 0 saturated heterocycles. The zero-order chi connectivity index (χ0) is 13.1. The number of halogens is 2. The Balaban J connectivity index is 2.44. The van der Waals surface area contributed by atoms with Gasteiger partial charge in [-0.25, -0.2) is 9.37 Å². The molecule has 0 fully saturated rings. The van der Waals surface area contributed by atoms with Crippen molar-refractivity contribution in [2.75, 3.05) is 7.11 Å². The Bertz CT molecular complexity index is 566. The topological polar surface area (TPSA) is 55.2 Å². The van der Waals surface area contributed by atoms with Crippen molar-refractivity contribution in [3.8, 4) is 5.88 Å². The first-order valence-corrected chi connectivity index (χ1v) is 5.49. The zero-order valence-corrected chi connectivity index (χ0v) is 10.2. The largest absolute Gasteiger partial charge is 0.480 e. The first kappa shape index (κ1) is 12.7. The summed E-state index contributed by atoms with van der Waals surface area (Å²) in [5.74, 6) is -0.271. The van der Waals surface area contributed by atoms with Gasteiger partial charge >= 0.3 is 0 Å². The van der Waals surface area contributed by atoms with Gasteiger partial charge in [0.25, 0.3) is 0 Å². The predicted octanol–water partition coefficient (Wildman–Crippen LogP) is 2.36.